The van der Waals surface area contributed by atoms with E-state index in [0.717, 1.165) is 140 Å². The molecule has 16 aliphatic rings. The van der Waals surface area contributed by atoms with Gasteiger partial charge in [-0.15, -0.1) is 13.2 Å². The number of aliphatic hydroxyl groups is 2. The summed E-state index contributed by atoms with van der Waals surface area (Å²) in [5.41, 5.74) is 4.78. The summed E-state index contributed by atoms with van der Waals surface area (Å²) in [7, 11) is 0. The molecule has 0 aromatic rings. The Morgan fingerprint density at radius 2 is 0.856 bits per heavy atom. The summed E-state index contributed by atoms with van der Waals surface area (Å²) in [4.78, 5) is 32.5. The molecule has 36 atom stereocenters. The van der Waals surface area contributed by atoms with Crippen LogP contribution in [0.4, 0.5) is 0 Å². The highest BCUT2D eigenvalue weighted by atomic mass is 16.8. The highest BCUT2D eigenvalue weighted by molar-refractivity contribution is 5.21. The van der Waals surface area contributed by atoms with E-state index in [2.05, 4.69) is 109 Å². The molecule has 20 heteroatoms. The zero-order valence-electron chi connectivity index (χ0n) is 64.2. The van der Waals surface area contributed by atoms with Gasteiger partial charge in [0.2, 0.25) is 0 Å². The van der Waals surface area contributed by atoms with Crippen molar-refractivity contribution in [2.45, 2.75) is 381 Å². The van der Waals surface area contributed by atoms with Crippen LogP contribution >= 0.6 is 0 Å². The van der Waals surface area contributed by atoms with Crippen LogP contribution in [0.25, 0.3) is 0 Å². The minimum Gasteiger partial charge on any atom is -0.394 e. The molecule has 2 N–H and O–H groups in total. The molecule has 0 amide bonds. The van der Waals surface area contributed by atoms with Crippen molar-refractivity contribution in [2.75, 3.05) is 6.61 Å². The van der Waals surface area contributed by atoms with Gasteiger partial charge in [0.1, 0.15) is 36.6 Å². The molecule has 584 valence electrons. The van der Waals surface area contributed by atoms with Gasteiger partial charge >= 0.3 is 12.3 Å². The van der Waals surface area contributed by atoms with Crippen molar-refractivity contribution < 1.29 is 95.7 Å². The highest BCUT2D eigenvalue weighted by Gasteiger charge is 2.69. The van der Waals surface area contributed by atoms with Crippen LogP contribution in [0, 0.1) is 53.3 Å². The maximum Gasteiger partial charge on any atom is 0.373 e. The minimum atomic E-state index is -0.747. The lowest BCUT2D eigenvalue weighted by atomic mass is 9.80. The van der Waals surface area contributed by atoms with Crippen molar-refractivity contribution in [3.63, 3.8) is 0 Å². The first-order chi connectivity index (χ1) is 49.9. The SMILES string of the molecule is C=CC[C@@H]1O[C@@H]2[C@H]3O[C@@H]4C[C@@](CC[C@H]5CC(=C)C(CC[C@H]6C[C@@H](C)C(=C)[C@@H](CC7O[C@H](C[C@H](C)CC)[C@H](C)[C@H]7CC)O6)O5)(O[C@H]24)O[C@H]3[C@H]1C.C=CC[C@@H]1O[C@@H]2[C@H]3O[C@@H]4C[C@@](CC[C@H]5CC(=C)C(CC[C@H]6C[C@@H](C)C(=C)[C@@H](CC7O[C@H](C[C@H](O)CO)[C@H](C)[C@H]7CC)O6)O5)(O[C@H]24)O[C@H]3[C@H]1C.O=C=O.O=C=O. The summed E-state index contributed by atoms with van der Waals surface area (Å²) >= 11 is 0. The van der Waals surface area contributed by atoms with Crippen LogP contribution in [0.2, 0.25) is 0 Å². The first kappa shape index (κ1) is 81.5. The van der Waals surface area contributed by atoms with Gasteiger partial charge in [-0.25, -0.2) is 0 Å². The van der Waals surface area contributed by atoms with E-state index in [9.17, 15) is 10.2 Å². The molecule has 0 saturated carbocycles. The first-order valence-corrected chi connectivity index (χ1v) is 40.4. The van der Waals surface area contributed by atoms with Crippen molar-refractivity contribution in [2.24, 2.45) is 53.3 Å². The summed E-state index contributed by atoms with van der Waals surface area (Å²) < 4.78 is 93.4. The third-order valence-electron chi connectivity index (χ3n) is 27.3. The quantitative estimate of drug-likeness (QED) is 0.0692. The van der Waals surface area contributed by atoms with Gasteiger partial charge in [-0.3, -0.25) is 0 Å². The average molecular weight is 1460 g/mol. The van der Waals surface area contributed by atoms with Gasteiger partial charge in [0.05, 0.1) is 123 Å². The second-order valence-corrected chi connectivity index (χ2v) is 34.0. The van der Waals surface area contributed by atoms with Crippen LogP contribution < -0.4 is 0 Å². The van der Waals surface area contributed by atoms with Crippen LogP contribution in [0.15, 0.2) is 73.9 Å². The van der Waals surface area contributed by atoms with E-state index in [1.165, 1.54) is 23.1 Å². The number of aliphatic hydroxyl groups excluding tert-OH is 2. The molecule has 12 bridgehead atoms. The maximum absolute atomic E-state index is 10.1. The lowest BCUT2D eigenvalue weighted by molar-refractivity contribution is -0.263. The van der Waals surface area contributed by atoms with Gasteiger partial charge in [-0.1, -0.05) is 127 Å². The molecular formula is C84H128O20. The van der Waals surface area contributed by atoms with E-state index in [4.69, 9.17) is 85.5 Å². The zero-order valence-corrected chi connectivity index (χ0v) is 64.2. The van der Waals surface area contributed by atoms with Gasteiger partial charge in [-0.05, 0) is 147 Å². The number of hydrogen-bond acceptors (Lipinski definition) is 20. The molecule has 0 radical (unpaired) electrons. The topological polar surface area (TPSA) is 238 Å². The molecule has 16 fully saturated rings. The Morgan fingerprint density at radius 1 is 0.471 bits per heavy atom. The Bertz CT molecular complexity index is 2790. The van der Waals surface area contributed by atoms with Gasteiger partial charge in [0.25, 0.3) is 0 Å². The summed E-state index contributed by atoms with van der Waals surface area (Å²) in [6.07, 6.45) is 25.4. The summed E-state index contributed by atoms with van der Waals surface area (Å²) in [5.74, 6) is 2.56. The molecule has 4 unspecified atom stereocenters. The molecule has 16 heterocycles. The fourth-order valence-corrected chi connectivity index (χ4v) is 21.1. The third-order valence-corrected chi connectivity index (χ3v) is 27.3. The third kappa shape index (κ3) is 17.6. The van der Waals surface area contributed by atoms with Crippen LogP contribution in [-0.2, 0) is 85.5 Å². The average Bonchev–Trinajstić information content (AvgIpc) is 1.56. The van der Waals surface area contributed by atoms with E-state index in [1.807, 2.05) is 12.2 Å². The van der Waals surface area contributed by atoms with Crippen molar-refractivity contribution in [3.05, 3.63) is 73.9 Å². The highest BCUT2D eigenvalue weighted by Crippen LogP contribution is 2.57. The van der Waals surface area contributed by atoms with Gasteiger partial charge in [0.15, 0.2) is 11.6 Å². The van der Waals surface area contributed by atoms with Gasteiger partial charge in [0, 0.05) is 56.8 Å². The van der Waals surface area contributed by atoms with E-state index < -0.39 is 17.7 Å². The molecule has 16 saturated heterocycles. The summed E-state index contributed by atoms with van der Waals surface area (Å²) in [6.45, 7) is 48.4. The Kier molecular flexibility index (Phi) is 28.0. The Hall–Kier alpha value is -3.44. The van der Waals surface area contributed by atoms with E-state index >= 15 is 0 Å². The minimum absolute atomic E-state index is 0.0196. The lowest BCUT2D eigenvalue weighted by Crippen LogP contribution is -2.54. The normalized spacial score (nSPS) is 46.8. The van der Waals surface area contributed by atoms with E-state index in [0.29, 0.717) is 54.0 Å². The van der Waals surface area contributed by atoms with E-state index in [1.54, 1.807) is 0 Å². The monoisotopic (exact) mass is 1460 g/mol. The predicted molar refractivity (Wildman–Crippen MR) is 386 cm³/mol. The number of rotatable bonds is 28. The Morgan fingerprint density at radius 3 is 1.24 bits per heavy atom. The van der Waals surface area contributed by atoms with Crippen LogP contribution in [0.5, 0.6) is 0 Å². The second-order valence-electron chi connectivity index (χ2n) is 34.0. The summed E-state index contributed by atoms with van der Waals surface area (Å²) in [6, 6.07) is 0. The Labute approximate surface area is 620 Å². The van der Waals surface area contributed by atoms with Crippen molar-refractivity contribution in [1.29, 1.82) is 0 Å². The molecule has 0 aromatic carbocycles. The smallest absolute Gasteiger partial charge is 0.373 e. The predicted octanol–water partition coefficient (Wildman–Crippen LogP) is 13.1. The fourth-order valence-electron chi connectivity index (χ4n) is 21.1. The van der Waals surface area contributed by atoms with Crippen molar-refractivity contribution in [1.82, 2.24) is 0 Å². The molecule has 104 heavy (non-hydrogen) atoms. The molecule has 0 aromatic heterocycles. The summed E-state index contributed by atoms with van der Waals surface area (Å²) in [5, 5.41) is 19.5. The van der Waals surface area contributed by atoms with Crippen molar-refractivity contribution >= 4 is 12.3 Å². The standard InChI is InChI=1S/C42H66O7.C40H62O9.2CO2/c1-10-13-33-28(9)38-40-41(46-33)39-37(47-40)22-42(48-38,49-39)17-16-30-20-25(6)32(43-30)15-14-29-19-24(5)26(7)35(44-29)21-36-31(12-3)27(8)34(45-36)18-23(4)11-2;1-8-10-31-25(7)36-38-39(46-31)37-35(47-38)19-40(48-36,49-37)14-13-28-16-22(4)30(43-28)12-11-27-15-21(3)23(5)33(44-27)18-34-29(9-2)24(6)32(45-34)17-26(42)20-41;2*2-1-3/h10,23-24,27-41H,1,6-7,11-22H2,2-5,8-9H3;8,21,24-39,41-42H,1,4-5,9-20H2,2-3,6-7H3;;/t23-,24-,27-,28+,29+,30+,31-,32?,33+,34-,35-,36?,37-,38+,39+,40+,41+,42-;21-,24-,25+,26+,27+,28+,29-,30?,31+,32-,33-,34?,35-,36+,37+,38+,39+,40-;;/m11../s1. The molecule has 0 spiro atoms. The number of hydrogen-bond donors (Lipinski definition) is 2. The van der Waals surface area contributed by atoms with E-state index in [-0.39, 0.29) is 171 Å². The van der Waals surface area contributed by atoms with Gasteiger partial charge < -0.3 is 76.5 Å². The first-order valence-electron chi connectivity index (χ1n) is 40.4. The Balaban J connectivity index is 0.000000194. The molecule has 16 rings (SSSR count). The van der Waals surface area contributed by atoms with Crippen LogP contribution in [0.3, 0.4) is 0 Å². The van der Waals surface area contributed by atoms with Crippen LogP contribution in [0.1, 0.15) is 217 Å². The maximum atomic E-state index is 10.1. The van der Waals surface area contributed by atoms with Gasteiger partial charge in [-0.2, -0.15) is 19.2 Å². The second kappa shape index (κ2) is 35.7. The fraction of sp³-hybridized carbons (Fsp3) is 0.833. The molecule has 20 nitrogen and oxygen atoms in total. The lowest BCUT2D eigenvalue weighted by Gasteiger charge is -2.42. The molecular weight excluding hydrogens is 1330 g/mol. The largest absolute Gasteiger partial charge is 0.394 e. The number of ether oxygens (including phenoxy) is 14. The molecule has 0 aliphatic carbocycles. The number of carbonyl (C=O) groups excluding carboxylic acids is 4. The van der Waals surface area contributed by atoms with Crippen LogP contribution in [-0.4, -0.2) is 193 Å². The zero-order chi connectivity index (χ0) is 74.6. The van der Waals surface area contributed by atoms with Crippen molar-refractivity contribution in [3.8, 4) is 0 Å². The molecule has 16 aliphatic heterocycles.